The second-order valence-electron chi connectivity index (χ2n) is 13.3. The molecule has 0 aliphatic heterocycles. The fourth-order valence-corrected chi connectivity index (χ4v) is 8.29. The Morgan fingerprint density at radius 3 is 1.69 bits per heavy atom. The molecule has 2 heterocycles. The number of hydrogen-bond donors (Lipinski definition) is 0. The van der Waals surface area contributed by atoms with Crippen LogP contribution in [0, 0.1) is 11.8 Å². The molecule has 0 amide bonds. The average molecular weight is 630 g/mol. The first kappa shape index (κ1) is 28.0. The van der Waals surface area contributed by atoms with Crippen molar-refractivity contribution in [2.45, 2.75) is 12.8 Å². The average Bonchev–Trinajstić information content (AvgIpc) is 3.87. The quantitative estimate of drug-likeness (QED) is 0.178. The maximum absolute atomic E-state index is 4.00. The Kier molecular flexibility index (Phi) is 6.29. The topological polar surface area (TPSA) is 13.1 Å². The van der Waals surface area contributed by atoms with E-state index in [-0.39, 0.29) is 0 Å². The Labute approximate surface area is 286 Å². The van der Waals surface area contributed by atoms with Crippen molar-refractivity contribution in [1.82, 2.24) is 9.13 Å². The molecular formula is C46H35N3. The van der Waals surface area contributed by atoms with Crippen LogP contribution in [-0.2, 0) is 0 Å². The molecule has 0 spiro atoms. The van der Waals surface area contributed by atoms with Gasteiger partial charge >= 0.3 is 0 Å². The van der Waals surface area contributed by atoms with Crippen molar-refractivity contribution >= 4 is 66.8 Å². The summed E-state index contributed by atoms with van der Waals surface area (Å²) in [4.78, 5) is 2.50. The van der Waals surface area contributed by atoms with E-state index in [9.17, 15) is 0 Å². The van der Waals surface area contributed by atoms with Gasteiger partial charge in [0.1, 0.15) is 0 Å². The zero-order chi connectivity index (χ0) is 32.5. The Morgan fingerprint density at radius 1 is 0.571 bits per heavy atom. The molecule has 3 aliphatic carbocycles. The van der Waals surface area contributed by atoms with Gasteiger partial charge in [-0.2, -0.15) is 0 Å². The van der Waals surface area contributed by atoms with Gasteiger partial charge in [0.25, 0.3) is 0 Å². The fourth-order valence-electron chi connectivity index (χ4n) is 8.29. The number of benzene rings is 5. The first-order chi connectivity index (χ1) is 24.3. The van der Waals surface area contributed by atoms with Crippen molar-refractivity contribution in [3.8, 4) is 0 Å². The van der Waals surface area contributed by atoms with Crippen LogP contribution in [0.3, 0.4) is 0 Å². The second-order valence-corrected chi connectivity index (χ2v) is 13.3. The van der Waals surface area contributed by atoms with Crippen LogP contribution in [0.2, 0.25) is 0 Å². The van der Waals surface area contributed by atoms with Gasteiger partial charge in [-0.25, -0.2) is 0 Å². The lowest BCUT2D eigenvalue weighted by atomic mass is 10.0. The largest absolute Gasteiger partial charge is 0.314 e. The van der Waals surface area contributed by atoms with Crippen LogP contribution in [0.1, 0.15) is 18.4 Å². The highest BCUT2D eigenvalue weighted by molar-refractivity contribution is 6.11. The van der Waals surface area contributed by atoms with Gasteiger partial charge < -0.3 is 14.0 Å². The predicted octanol–water partition coefficient (Wildman–Crippen LogP) is 11.8. The summed E-state index contributed by atoms with van der Waals surface area (Å²) in [5.74, 6) is 0.914. The number of aromatic nitrogens is 2. The van der Waals surface area contributed by atoms with E-state index in [1.165, 1.54) is 72.1 Å². The molecule has 0 N–H and O–H groups in total. The first-order valence-corrected chi connectivity index (χ1v) is 17.3. The highest BCUT2D eigenvalue weighted by atomic mass is 15.2. The van der Waals surface area contributed by atoms with Crippen LogP contribution >= 0.6 is 0 Å². The summed E-state index contributed by atoms with van der Waals surface area (Å²) < 4.78 is 4.93. The van der Waals surface area contributed by atoms with Crippen molar-refractivity contribution < 1.29 is 0 Å². The second kappa shape index (κ2) is 11.0. The molecule has 0 saturated heterocycles. The van der Waals surface area contributed by atoms with E-state index in [0.29, 0.717) is 11.8 Å². The summed E-state index contributed by atoms with van der Waals surface area (Å²) in [7, 11) is 0. The third kappa shape index (κ3) is 4.36. The lowest BCUT2D eigenvalue weighted by molar-refractivity contribution is 0.842. The van der Waals surface area contributed by atoms with Crippen LogP contribution in [0.4, 0.5) is 5.69 Å². The Balaban J connectivity index is 1.08. The molecule has 0 radical (unpaired) electrons. The summed E-state index contributed by atoms with van der Waals surface area (Å²) in [5, 5.41) is 5.20. The Morgan fingerprint density at radius 2 is 1.12 bits per heavy atom. The van der Waals surface area contributed by atoms with Gasteiger partial charge in [0.2, 0.25) is 0 Å². The number of hydrogen-bond acceptors (Lipinski definition) is 1. The molecule has 1 saturated carbocycles. The van der Waals surface area contributed by atoms with E-state index in [0.717, 1.165) is 18.4 Å². The molecule has 3 aliphatic rings. The van der Waals surface area contributed by atoms with Crippen LogP contribution in [-0.4, -0.2) is 9.13 Å². The number of rotatable bonds is 6. The number of anilines is 1. The highest BCUT2D eigenvalue weighted by Gasteiger charge is 2.47. The van der Waals surface area contributed by atoms with Gasteiger partial charge in [-0.15, -0.1) is 0 Å². The molecular weight excluding hydrogens is 595 g/mol. The first-order valence-electron chi connectivity index (χ1n) is 17.3. The lowest BCUT2D eigenvalue weighted by Crippen LogP contribution is -2.24. The van der Waals surface area contributed by atoms with Gasteiger partial charge in [0.05, 0.1) is 22.1 Å². The standard InChI is InChI=1S/C46H35N3/c1-2-31-22-24-34(25-23-31)47(32-12-11-13-33(27-26-32)48-41-18-7-3-14-35(41)36-15-4-8-19-42(36)48)45-28-29-46(40-30-39(40)45)49-43-20-9-5-16-37(43)38-17-6-10-21-44(38)49/h2-10,12-29,39-40H,1,11,30H2. The third-order valence-corrected chi connectivity index (χ3v) is 10.6. The number of para-hydroxylation sites is 4. The number of fused-ring (bicyclic) bond motifs is 7. The molecule has 3 heteroatoms. The summed E-state index contributed by atoms with van der Waals surface area (Å²) in [5.41, 5.74) is 12.5. The summed E-state index contributed by atoms with van der Waals surface area (Å²) in [6.07, 6.45) is 18.0. The maximum Gasteiger partial charge on any atom is 0.0540 e. The molecule has 234 valence electrons. The minimum absolute atomic E-state index is 0.446. The monoisotopic (exact) mass is 629 g/mol. The van der Waals surface area contributed by atoms with Gasteiger partial charge in [0.15, 0.2) is 0 Å². The van der Waals surface area contributed by atoms with Gasteiger partial charge in [-0.1, -0.05) is 110 Å². The van der Waals surface area contributed by atoms with Crippen molar-refractivity contribution in [2.75, 3.05) is 4.90 Å². The summed E-state index contributed by atoms with van der Waals surface area (Å²) in [6.45, 7) is 4.00. The normalized spacial score (nSPS) is 18.5. The van der Waals surface area contributed by atoms with Gasteiger partial charge in [-0.3, -0.25) is 0 Å². The molecule has 1 fully saturated rings. The fraction of sp³-hybridized carbons (Fsp3) is 0.0870. The van der Waals surface area contributed by atoms with E-state index in [1.807, 2.05) is 6.08 Å². The number of nitrogens with zero attached hydrogens (tertiary/aromatic N) is 3. The SMILES string of the molecule is C=Cc1ccc(N(C2=CCC=C(n3c4ccccc4c4ccccc43)C=C2)C2=CC=C(n3c4ccccc4c4ccccc43)C3CC23)cc1. The van der Waals surface area contributed by atoms with Gasteiger partial charge in [-0.05, 0) is 79.1 Å². The number of allylic oxidation sites excluding steroid dienone is 9. The minimum atomic E-state index is 0.446. The molecule has 2 aromatic heterocycles. The van der Waals surface area contributed by atoms with Crippen molar-refractivity contribution in [3.63, 3.8) is 0 Å². The molecule has 10 rings (SSSR count). The smallest absolute Gasteiger partial charge is 0.0540 e. The van der Waals surface area contributed by atoms with Crippen LogP contribution < -0.4 is 4.90 Å². The third-order valence-electron chi connectivity index (χ3n) is 10.6. The molecule has 2 unspecified atom stereocenters. The Hall–Kier alpha value is -6.06. The summed E-state index contributed by atoms with van der Waals surface area (Å²) >= 11 is 0. The zero-order valence-corrected chi connectivity index (χ0v) is 27.2. The molecule has 5 aromatic carbocycles. The molecule has 3 nitrogen and oxygen atoms in total. The molecule has 0 bridgehead atoms. The van der Waals surface area contributed by atoms with E-state index in [4.69, 9.17) is 0 Å². The van der Waals surface area contributed by atoms with Crippen molar-refractivity contribution in [2.24, 2.45) is 11.8 Å². The van der Waals surface area contributed by atoms with Gasteiger partial charge in [0, 0.05) is 61.9 Å². The Bertz CT molecular complexity index is 2530. The summed E-state index contributed by atoms with van der Waals surface area (Å²) in [6, 6.07) is 44.0. The highest BCUT2D eigenvalue weighted by Crippen LogP contribution is 2.56. The van der Waals surface area contributed by atoms with Crippen LogP contribution in [0.5, 0.6) is 0 Å². The van der Waals surface area contributed by atoms with E-state index < -0.39 is 0 Å². The minimum Gasteiger partial charge on any atom is -0.314 e. The van der Waals surface area contributed by atoms with E-state index in [2.05, 4.69) is 178 Å². The zero-order valence-electron chi connectivity index (χ0n) is 27.2. The van der Waals surface area contributed by atoms with Crippen LogP contribution in [0.15, 0.2) is 176 Å². The predicted molar refractivity (Wildman–Crippen MR) is 208 cm³/mol. The molecule has 49 heavy (non-hydrogen) atoms. The molecule has 2 atom stereocenters. The lowest BCUT2D eigenvalue weighted by Gasteiger charge is -2.31. The van der Waals surface area contributed by atoms with Crippen molar-refractivity contribution in [1.29, 1.82) is 0 Å². The molecule has 7 aromatic rings. The van der Waals surface area contributed by atoms with Crippen LogP contribution in [0.25, 0.3) is 61.1 Å². The maximum atomic E-state index is 4.00. The van der Waals surface area contributed by atoms with E-state index in [1.54, 1.807) is 0 Å². The van der Waals surface area contributed by atoms with E-state index >= 15 is 0 Å². The van der Waals surface area contributed by atoms with Crippen molar-refractivity contribution in [3.05, 3.63) is 181 Å².